The van der Waals surface area contributed by atoms with Crippen molar-refractivity contribution in [3.63, 3.8) is 0 Å². The number of aromatic nitrogens is 1. The molecular weight excluding hydrogens is 531 g/mol. The van der Waals surface area contributed by atoms with Crippen molar-refractivity contribution in [3.05, 3.63) is 76.5 Å². The molecule has 1 aromatic heterocycles. The van der Waals surface area contributed by atoms with Gasteiger partial charge in [0.2, 0.25) is 5.78 Å². The number of allylic oxidation sites excluding steroid dienone is 2. The molecule has 2 aromatic carbocycles. The first kappa shape index (κ1) is 27.3. The second kappa shape index (κ2) is 9.21. The van der Waals surface area contributed by atoms with E-state index in [0.29, 0.717) is 25.0 Å². The van der Waals surface area contributed by atoms with Crippen LogP contribution in [0.5, 0.6) is 0 Å². The predicted molar refractivity (Wildman–Crippen MR) is 118 cm³/mol. The van der Waals surface area contributed by atoms with E-state index in [2.05, 4.69) is 5.32 Å². The zero-order valence-electron chi connectivity index (χ0n) is 19.3. The van der Waals surface area contributed by atoms with Gasteiger partial charge in [-0.3, -0.25) is 9.59 Å². The molecule has 1 amide bonds. The third-order valence-corrected chi connectivity index (χ3v) is 5.98. The number of alkyl halides is 9. The number of ketones is 1. The van der Waals surface area contributed by atoms with Gasteiger partial charge in [0, 0.05) is 30.1 Å². The Morgan fingerprint density at radius 2 is 1.58 bits per heavy atom. The van der Waals surface area contributed by atoms with Crippen molar-refractivity contribution in [3.8, 4) is 0 Å². The summed E-state index contributed by atoms with van der Waals surface area (Å²) in [5.74, 6) is -2.30. The average Bonchev–Trinajstić information content (AvgIpc) is 3.55. The Kier molecular flexibility index (Phi) is 6.61. The van der Waals surface area contributed by atoms with E-state index in [1.54, 1.807) is 0 Å². The number of rotatable bonds is 5. The molecule has 202 valence electrons. The van der Waals surface area contributed by atoms with Crippen LogP contribution in [0.2, 0.25) is 0 Å². The van der Waals surface area contributed by atoms with Gasteiger partial charge in [-0.1, -0.05) is 12.1 Å². The van der Waals surface area contributed by atoms with Crippen LogP contribution in [0.3, 0.4) is 0 Å². The molecule has 1 aliphatic carbocycles. The summed E-state index contributed by atoms with van der Waals surface area (Å²) in [5, 5.41) is 2.42. The summed E-state index contributed by atoms with van der Waals surface area (Å²) >= 11 is 0. The van der Waals surface area contributed by atoms with E-state index in [4.69, 9.17) is 0 Å². The van der Waals surface area contributed by atoms with Crippen LogP contribution in [0, 0.1) is 0 Å². The van der Waals surface area contributed by atoms with Crippen LogP contribution in [0.4, 0.5) is 39.5 Å². The normalized spacial score (nSPS) is 15.2. The minimum absolute atomic E-state index is 0.0224. The molecule has 1 heterocycles. The fourth-order valence-corrected chi connectivity index (χ4v) is 3.93. The number of fused-ring (bicyclic) bond motifs is 1. The molecule has 0 spiro atoms. The molecule has 38 heavy (non-hydrogen) atoms. The summed E-state index contributed by atoms with van der Waals surface area (Å²) < 4.78 is 122. The van der Waals surface area contributed by atoms with Crippen molar-refractivity contribution < 1.29 is 49.1 Å². The third kappa shape index (κ3) is 5.55. The van der Waals surface area contributed by atoms with Gasteiger partial charge in [-0.25, -0.2) is 0 Å². The van der Waals surface area contributed by atoms with E-state index in [0.717, 1.165) is 35.9 Å². The predicted octanol–water partition coefficient (Wildman–Crippen LogP) is 6.94. The number of halogens is 9. The Morgan fingerprint density at radius 3 is 2.13 bits per heavy atom. The molecule has 1 N–H and O–H groups in total. The molecule has 13 heteroatoms. The Morgan fingerprint density at radius 1 is 0.921 bits per heavy atom. The fourth-order valence-electron chi connectivity index (χ4n) is 3.93. The van der Waals surface area contributed by atoms with Crippen LogP contribution in [-0.4, -0.2) is 28.5 Å². The van der Waals surface area contributed by atoms with E-state index in [-0.39, 0.29) is 29.1 Å². The zero-order chi connectivity index (χ0) is 28.2. The highest BCUT2D eigenvalue weighted by atomic mass is 19.4. The van der Waals surface area contributed by atoms with Gasteiger partial charge in [-0.05, 0) is 48.7 Å². The second-order valence-corrected chi connectivity index (χ2v) is 8.79. The van der Waals surface area contributed by atoms with E-state index in [1.807, 2.05) is 0 Å². The van der Waals surface area contributed by atoms with Crippen LogP contribution in [0.25, 0.3) is 16.5 Å². The highest BCUT2D eigenvalue weighted by Gasteiger charge is 2.39. The van der Waals surface area contributed by atoms with Crippen LogP contribution >= 0.6 is 0 Å². The highest BCUT2D eigenvalue weighted by Crippen LogP contribution is 2.39. The minimum Gasteiger partial charge on any atom is -0.349 e. The fraction of sp³-hybridized carbons (Fsp3) is 0.280. The Hall–Kier alpha value is -3.77. The quantitative estimate of drug-likeness (QED) is 0.214. The molecule has 0 bridgehead atoms. The SMILES string of the molecule is Cn1c(C(=O)/C=C(\c2cccc(C(F)(F)F)c2)C(F)(F)F)cc2cc(C(=O)NC3CC3)c(C(F)(F)F)cc21. The summed E-state index contributed by atoms with van der Waals surface area (Å²) in [6.45, 7) is 0. The first-order chi connectivity index (χ1) is 17.5. The van der Waals surface area contributed by atoms with Gasteiger partial charge in [-0.2, -0.15) is 39.5 Å². The lowest BCUT2D eigenvalue weighted by molar-refractivity contribution is -0.138. The number of carbonyl (C=O) groups is 2. The smallest absolute Gasteiger partial charge is 0.349 e. The number of benzene rings is 2. The molecule has 0 aliphatic heterocycles. The summed E-state index contributed by atoms with van der Waals surface area (Å²) in [7, 11) is 1.14. The van der Waals surface area contributed by atoms with E-state index in [9.17, 15) is 49.1 Å². The van der Waals surface area contributed by atoms with Gasteiger partial charge in [-0.15, -0.1) is 0 Å². The molecular formula is C25H17F9N2O2. The van der Waals surface area contributed by atoms with Gasteiger partial charge >= 0.3 is 18.5 Å². The first-order valence-electron chi connectivity index (χ1n) is 11.0. The highest BCUT2D eigenvalue weighted by molar-refractivity contribution is 6.11. The number of carbonyl (C=O) groups excluding carboxylic acids is 2. The number of hydrogen-bond donors (Lipinski definition) is 1. The van der Waals surface area contributed by atoms with Crippen molar-refractivity contribution in [2.45, 2.75) is 37.4 Å². The van der Waals surface area contributed by atoms with Gasteiger partial charge in [0.15, 0.2) is 0 Å². The van der Waals surface area contributed by atoms with Crippen molar-refractivity contribution in [2.24, 2.45) is 7.05 Å². The lowest BCUT2D eigenvalue weighted by atomic mass is 10.0. The number of aryl methyl sites for hydroxylation is 1. The zero-order valence-corrected chi connectivity index (χ0v) is 19.3. The van der Waals surface area contributed by atoms with Gasteiger partial charge in [0.1, 0.15) is 0 Å². The van der Waals surface area contributed by atoms with Crippen molar-refractivity contribution in [2.75, 3.05) is 0 Å². The van der Waals surface area contributed by atoms with Gasteiger partial charge < -0.3 is 9.88 Å². The Labute approximate surface area is 208 Å². The molecule has 1 aliphatic rings. The van der Waals surface area contributed by atoms with E-state index < -0.39 is 63.7 Å². The molecule has 4 rings (SSSR count). The number of nitrogens with one attached hydrogen (secondary N) is 1. The first-order valence-corrected chi connectivity index (χ1v) is 11.0. The monoisotopic (exact) mass is 548 g/mol. The molecule has 3 aromatic rings. The van der Waals surface area contributed by atoms with Crippen molar-refractivity contribution >= 4 is 28.2 Å². The van der Waals surface area contributed by atoms with Crippen LogP contribution in [0.1, 0.15) is 50.4 Å². The van der Waals surface area contributed by atoms with Crippen LogP contribution in [-0.2, 0) is 19.4 Å². The van der Waals surface area contributed by atoms with Crippen molar-refractivity contribution in [1.82, 2.24) is 9.88 Å². The lowest BCUT2D eigenvalue weighted by Crippen LogP contribution is -2.28. The van der Waals surface area contributed by atoms with E-state index >= 15 is 0 Å². The molecule has 0 radical (unpaired) electrons. The molecule has 1 fully saturated rings. The third-order valence-electron chi connectivity index (χ3n) is 5.98. The molecule has 4 nitrogen and oxygen atoms in total. The summed E-state index contributed by atoms with van der Waals surface area (Å²) in [6.07, 6.45) is -13.8. The summed E-state index contributed by atoms with van der Waals surface area (Å²) in [4.78, 5) is 25.3. The van der Waals surface area contributed by atoms with Crippen molar-refractivity contribution in [1.29, 1.82) is 0 Å². The number of amides is 1. The number of hydrogen-bond acceptors (Lipinski definition) is 2. The molecule has 1 saturated carbocycles. The molecule has 0 unspecified atom stereocenters. The molecule has 0 saturated heterocycles. The maximum absolute atomic E-state index is 13.8. The van der Waals surface area contributed by atoms with Crippen LogP contribution < -0.4 is 5.32 Å². The maximum Gasteiger partial charge on any atom is 0.417 e. The maximum atomic E-state index is 13.8. The lowest BCUT2D eigenvalue weighted by Gasteiger charge is -2.14. The second-order valence-electron chi connectivity index (χ2n) is 8.79. The average molecular weight is 548 g/mol. The molecule has 0 atom stereocenters. The van der Waals surface area contributed by atoms with E-state index in [1.165, 1.54) is 0 Å². The van der Waals surface area contributed by atoms with Crippen LogP contribution in [0.15, 0.2) is 48.5 Å². The summed E-state index contributed by atoms with van der Waals surface area (Å²) in [5.41, 5.74) is -6.61. The van der Waals surface area contributed by atoms with Gasteiger partial charge in [0.05, 0.1) is 28.0 Å². The topological polar surface area (TPSA) is 51.1 Å². The number of nitrogens with zero attached hydrogens (tertiary/aromatic N) is 1. The summed E-state index contributed by atoms with van der Waals surface area (Å²) in [6, 6.07) is 4.60. The largest absolute Gasteiger partial charge is 0.417 e. The Bertz CT molecular complexity index is 1460. The standard InChI is InChI=1S/C25H17F9N2O2/c1-36-19-10-18(25(32,33)34)16(22(38)35-15-5-6-15)8-13(19)9-20(36)21(37)11-17(24(29,30)31)12-3-2-4-14(7-12)23(26,27)28/h2-4,7-11,15H,5-6H2,1H3,(H,35,38)/b17-11+. The van der Waals surface area contributed by atoms with Gasteiger partial charge in [0.25, 0.3) is 5.91 Å². The minimum atomic E-state index is -5.23. The Balaban J connectivity index is 1.82.